The molecule has 0 saturated carbocycles. The van der Waals surface area contributed by atoms with Crippen LogP contribution < -0.4 is 0 Å². The zero-order chi connectivity index (χ0) is 21.1. The lowest BCUT2D eigenvalue weighted by Crippen LogP contribution is -1.88. The average molecular weight is 405 g/mol. The van der Waals surface area contributed by atoms with Crippen molar-refractivity contribution in [1.82, 2.24) is 0 Å². The first-order valence-corrected chi connectivity index (χ1v) is 11.1. The molecule has 7 aromatic rings. The van der Waals surface area contributed by atoms with Gasteiger partial charge in [-0.2, -0.15) is 0 Å². The first kappa shape index (κ1) is 17.5. The Morgan fingerprint density at radius 3 is 1.66 bits per heavy atom. The molecule has 7 aromatic carbocycles. The van der Waals surface area contributed by atoms with Crippen molar-refractivity contribution in [2.75, 3.05) is 0 Å². The maximum absolute atomic E-state index is 2.33. The summed E-state index contributed by atoms with van der Waals surface area (Å²) in [5, 5.41) is 13.1. The molecule has 0 unspecified atom stereocenters. The van der Waals surface area contributed by atoms with Gasteiger partial charge >= 0.3 is 0 Å². The van der Waals surface area contributed by atoms with E-state index < -0.39 is 0 Å². The molecule has 0 aliphatic carbocycles. The van der Waals surface area contributed by atoms with Crippen molar-refractivity contribution in [2.45, 2.75) is 0 Å². The smallest absolute Gasteiger partial charge is 0.00141 e. The van der Waals surface area contributed by atoms with E-state index in [1.807, 2.05) is 0 Å². The molecule has 0 atom stereocenters. The Labute approximate surface area is 186 Å². The van der Waals surface area contributed by atoms with Crippen LogP contribution in [0.5, 0.6) is 0 Å². The summed E-state index contributed by atoms with van der Waals surface area (Å²) in [6.07, 6.45) is 0. The van der Waals surface area contributed by atoms with Gasteiger partial charge in [0.2, 0.25) is 0 Å². The minimum Gasteiger partial charge on any atom is -0.0616 e. The molecule has 0 radical (unpaired) electrons. The molecule has 0 aliphatic heterocycles. The Bertz CT molecular complexity index is 1790. The topological polar surface area (TPSA) is 0 Å². The van der Waals surface area contributed by atoms with Gasteiger partial charge in [0, 0.05) is 0 Å². The second-order valence-corrected chi connectivity index (χ2v) is 8.54. The zero-order valence-electron chi connectivity index (χ0n) is 17.5. The third-order valence-corrected chi connectivity index (χ3v) is 6.81. The van der Waals surface area contributed by atoms with Gasteiger partial charge in [0.25, 0.3) is 0 Å². The number of hydrogen-bond donors (Lipinski definition) is 0. The van der Waals surface area contributed by atoms with Gasteiger partial charge in [-0.15, -0.1) is 0 Å². The van der Waals surface area contributed by atoms with E-state index in [1.54, 1.807) is 0 Å². The SMILES string of the molecule is c1ccc2cc(-c3cccc4ccc5c6ccccc6c6ccccc6c5c34)ccc2c1. The number of hydrogen-bond acceptors (Lipinski definition) is 0. The fourth-order valence-corrected chi connectivity index (χ4v) is 5.37. The molecule has 0 aromatic heterocycles. The fourth-order valence-electron chi connectivity index (χ4n) is 5.37. The lowest BCUT2D eigenvalue weighted by atomic mass is 9.88. The van der Waals surface area contributed by atoms with Gasteiger partial charge in [0.05, 0.1) is 0 Å². The second-order valence-electron chi connectivity index (χ2n) is 8.54. The Morgan fingerprint density at radius 2 is 0.875 bits per heavy atom. The summed E-state index contributed by atoms with van der Waals surface area (Å²) in [7, 11) is 0. The van der Waals surface area contributed by atoms with Gasteiger partial charge < -0.3 is 0 Å². The van der Waals surface area contributed by atoms with E-state index in [4.69, 9.17) is 0 Å². The Balaban J connectivity index is 1.71. The van der Waals surface area contributed by atoms with E-state index in [0.29, 0.717) is 0 Å². The summed E-state index contributed by atoms with van der Waals surface area (Å²) in [6.45, 7) is 0. The predicted molar refractivity (Wildman–Crippen MR) is 139 cm³/mol. The van der Waals surface area contributed by atoms with Crippen molar-refractivity contribution in [2.24, 2.45) is 0 Å². The third kappa shape index (κ3) is 2.44. The van der Waals surface area contributed by atoms with Crippen LogP contribution in [-0.2, 0) is 0 Å². The lowest BCUT2D eigenvalue weighted by molar-refractivity contribution is 1.69. The van der Waals surface area contributed by atoms with Crippen molar-refractivity contribution in [3.63, 3.8) is 0 Å². The molecule has 32 heavy (non-hydrogen) atoms. The van der Waals surface area contributed by atoms with Crippen LogP contribution >= 0.6 is 0 Å². The van der Waals surface area contributed by atoms with Crippen LogP contribution in [0.25, 0.3) is 65.0 Å². The predicted octanol–water partition coefficient (Wildman–Crippen LogP) is 9.12. The van der Waals surface area contributed by atoms with Gasteiger partial charge in [0.1, 0.15) is 0 Å². The number of fused-ring (bicyclic) bond motifs is 9. The molecular weight excluding hydrogens is 384 g/mol. The summed E-state index contributed by atoms with van der Waals surface area (Å²) in [6, 6.07) is 44.3. The number of benzene rings is 7. The van der Waals surface area contributed by atoms with Gasteiger partial charge in [-0.05, 0) is 71.1 Å². The highest BCUT2D eigenvalue weighted by Gasteiger charge is 2.14. The molecule has 0 saturated heterocycles. The first-order chi connectivity index (χ1) is 15.9. The molecule has 0 aliphatic rings. The summed E-state index contributed by atoms with van der Waals surface area (Å²) in [5.74, 6) is 0. The molecule has 0 nitrogen and oxygen atoms in total. The maximum Gasteiger partial charge on any atom is -0.00141 e. The zero-order valence-corrected chi connectivity index (χ0v) is 17.5. The lowest BCUT2D eigenvalue weighted by Gasteiger charge is -2.16. The molecule has 7 rings (SSSR count). The van der Waals surface area contributed by atoms with Crippen LogP contribution in [0.3, 0.4) is 0 Å². The molecule has 0 fully saturated rings. The van der Waals surface area contributed by atoms with Gasteiger partial charge in [-0.25, -0.2) is 0 Å². The number of rotatable bonds is 1. The molecular formula is C32H20. The van der Waals surface area contributed by atoms with Crippen LogP contribution in [0.2, 0.25) is 0 Å². The van der Waals surface area contributed by atoms with E-state index >= 15 is 0 Å². The van der Waals surface area contributed by atoms with Crippen LogP contribution in [0, 0.1) is 0 Å². The van der Waals surface area contributed by atoms with Crippen LogP contribution in [0.15, 0.2) is 121 Å². The van der Waals surface area contributed by atoms with E-state index in [2.05, 4.69) is 121 Å². The van der Waals surface area contributed by atoms with Crippen molar-refractivity contribution < 1.29 is 0 Å². The minimum absolute atomic E-state index is 1.26. The van der Waals surface area contributed by atoms with Crippen molar-refractivity contribution in [3.8, 4) is 11.1 Å². The molecule has 148 valence electrons. The quantitative estimate of drug-likeness (QED) is 0.239. The van der Waals surface area contributed by atoms with Gasteiger partial charge in [-0.3, -0.25) is 0 Å². The average Bonchev–Trinajstić information content (AvgIpc) is 2.87. The van der Waals surface area contributed by atoms with E-state index in [9.17, 15) is 0 Å². The van der Waals surface area contributed by atoms with E-state index in [-0.39, 0.29) is 0 Å². The fraction of sp³-hybridized carbons (Fsp3) is 0. The molecule has 0 bridgehead atoms. The highest BCUT2D eigenvalue weighted by Crippen LogP contribution is 2.42. The van der Waals surface area contributed by atoms with Gasteiger partial charge in [-0.1, -0.05) is 115 Å². The first-order valence-electron chi connectivity index (χ1n) is 11.1. The Hall–Kier alpha value is -4.16. The van der Waals surface area contributed by atoms with E-state index in [1.165, 1.54) is 65.0 Å². The highest BCUT2D eigenvalue weighted by atomic mass is 14.2. The Morgan fingerprint density at radius 1 is 0.312 bits per heavy atom. The van der Waals surface area contributed by atoms with Crippen molar-refractivity contribution in [3.05, 3.63) is 121 Å². The molecule has 0 spiro atoms. The van der Waals surface area contributed by atoms with Crippen LogP contribution in [0.4, 0.5) is 0 Å². The maximum atomic E-state index is 2.33. The summed E-state index contributed by atoms with van der Waals surface area (Å²) < 4.78 is 0. The largest absolute Gasteiger partial charge is 0.0616 e. The van der Waals surface area contributed by atoms with Crippen molar-refractivity contribution in [1.29, 1.82) is 0 Å². The molecule has 0 N–H and O–H groups in total. The summed E-state index contributed by atoms with van der Waals surface area (Å²) in [5.41, 5.74) is 2.55. The Kier molecular flexibility index (Phi) is 3.65. The van der Waals surface area contributed by atoms with Crippen molar-refractivity contribution >= 4 is 53.9 Å². The highest BCUT2D eigenvalue weighted by molar-refractivity contribution is 6.33. The molecule has 0 heteroatoms. The van der Waals surface area contributed by atoms with Gasteiger partial charge in [0.15, 0.2) is 0 Å². The van der Waals surface area contributed by atoms with Crippen LogP contribution in [-0.4, -0.2) is 0 Å². The third-order valence-electron chi connectivity index (χ3n) is 6.81. The van der Waals surface area contributed by atoms with Crippen LogP contribution in [0.1, 0.15) is 0 Å². The van der Waals surface area contributed by atoms with E-state index in [0.717, 1.165) is 0 Å². The molecule has 0 amide bonds. The second kappa shape index (κ2) is 6.67. The summed E-state index contributed by atoms with van der Waals surface area (Å²) >= 11 is 0. The molecule has 0 heterocycles. The summed E-state index contributed by atoms with van der Waals surface area (Å²) in [4.78, 5) is 0. The minimum atomic E-state index is 1.26. The monoisotopic (exact) mass is 404 g/mol. The normalized spacial score (nSPS) is 11.8. The standard InChI is InChI=1S/C32H20/c1-2-9-23-20-24(17-16-21(23)8-1)25-15-7-10-22-18-19-30-28-13-4-3-11-26(28)27-12-5-6-14-29(27)32(30)31(22)25/h1-20H.